The average molecular weight is 475 g/mol. The van der Waals surface area contributed by atoms with E-state index in [0.29, 0.717) is 42.0 Å². The normalized spacial score (nSPS) is 11.8. The number of halogens is 2. The Bertz CT molecular complexity index is 992. The number of hydrogen-bond donors (Lipinski definition) is 3. The second kappa shape index (κ2) is 13.6. The van der Waals surface area contributed by atoms with Crippen molar-refractivity contribution in [3.8, 4) is 5.75 Å². The minimum absolute atomic E-state index is 0.212. The van der Waals surface area contributed by atoms with Crippen molar-refractivity contribution in [2.24, 2.45) is 11.0 Å². The van der Waals surface area contributed by atoms with E-state index in [1.54, 1.807) is 30.4 Å². The van der Waals surface area contributed by atoms with Crippen molar-refractivity contribution in [2.45, 2.75) is 40.8 Å². The van der Waals surface area contributed by atoms with Gasteiger partial charge in [0.25, 0.3) is 5.91 Å². The summed E-state index contributed by atoms with van der Waals surface area (Å²) >= 11 is 6.14. The van der Waals surface area contributed by atoms with E-state index in [4.69, 9.17) is 16.3 Å². The van der Waals surface area contributed by atoms with Gasteiger partial charge >= 0.3 is 0 Å². The van der Waals surface area contributed by atoms with Gasteiger partial charge in [-0.15, -0.1) is 0 Å². The predicted molar refractivity (Wildman–Crippen MR) is 132 cm³/mol. The molecule has 0 bridgehead atoms. The first-order valence-corrected chi connectivity index (χ1v) is 11.4. The van der Waals surface area contributed by atoms with Crippen molar-refractivity contribution in [2.75, 3.05) is 13.2 Å². The highest BCUT2D eigenvalue weighted by atomic mass is 35.5. The fourth-order valence-electron chi connectivity index (χ4n) is 2.84. The van der Waals surface area contributed by atoms with Crippen molar-refractivity contribution >= 4 is 23.3 Å². The number of nitrogens with one attached hydrogen (secondary N) is 3. The Hall–Kier alpha value is -2.90. The number of carbonyl (C=O) groups is 1. The molecule has 0 aliphatic rings. The minimum atomic E-state index is -0.453. The van der Waals surface area contributed by atoms with Gasteiger partial charge in [0.05, 0.1) is 13.2 Å². The number of nitrogens with zero attached hydrogens (tertiary/aromatic N) is 1. The quantitative estimate of drug-likeness (QED) is 0.242. The van der Waals surface area contributed by atoms with E-state index in [9.17, 15) is 9.18 Å². The second-order valence-electron chi connectivity index (χ2n) is 7.83. The molecule has 0 unspecified atom stereocenters. The Labute approximate surface area is 200 Å². The molecule has 33 heavy (non-hydrogen) atoms. The van der Waals surface area contributed by atoms with E-state index in [1.165, 1.54) is 6.07 Å². The van der Waals surface area contributed by atoms with Crippen LogP contribution in [0.1, 0.15) is 49.2 Å². The van der Waals surface area contributed by atoms with Gasteiger partial charge < -0.3 is 20.8 Å². The van der Waals surface area contributed by atoms with Gasteiger partial charge in [0.1, 0.15) is 11.6 Å². The smallest absolute Gasteiger partial charge is 0.256 e. The minimum Gasteiger partial charge on any atom is -0.493 e. The SMILES string of the molecule is C/C=C/C(=N\NCc1cc(Cl)ccc1OCC(C)C)NC(=O)c1ccc(CNCC)c(F)c1. The molecule has 0 saturated carbocycles. The van der Waals surface area contributed by atoms with Crippen LogP contribution in [0.5, 0.6) is 5.75 Å². The van der Waals surface area contributed by atoms with E-state index in [1.807, 2.05) is 26.0 Å². The van der Waals surface area contributed by atoms with E-state index in [2.05, 4.69) is 35.0 Å². The predicted octanol–water partition coefficient (Wildman–Crippen LogP) is 5.03. The molecule has 6 nitrogen and oxygen atoms in total. The van der Waals surface area contributed by atoms with Gasteiger partial charge in [0.2, 0.25) is 0 Å². The first-order valence-electron chi connectivity index (χ1n) is 11.0. The summed E-state index contributed by atoms with van der Waals surface area (Å²) in [4.78, 5) is 12.6. The number of amides is 1. The van der Waals surface area contributed by atoms with Crippen LogP contribution in [0.3, 0.4) is 0 Å². The van der Waals surface area contributed by atoms with Gasteiger partial charge in [0.15, 0.2) is 5.84 Å². The zero-order valence-electron chi connectivity index (χ0n) is 19.5. The van der Waals surface area contributed by atoms with E-state index in [-0.39, 0.29) is 5.56 Å². The van der Waals surface area contributed by atoms with E-state index < -0.39 is 11.7 Å². The van der Waals surface area contributed by atoms with Crippen LogP contribution in [-0.2, 0) is 13.1 Å². The Kier molecular flexibility index (Phi) is 10.9. The zero-order valence-corrected chi connectivity index (χ0v) is 20.3. The molecule has 0 heterocycles. The van der Waals surface area contributed by atoms with E-state index >= 15 is 0 Å². The van der Waals surface area contributed by atoms with Crippen molar-refractivity contribution in [1.29, 1.82) is 0 Å². The van der Waals surface area contributed by atoms with Crippen LogP contribution < -0.4 is 20.8 Å². The second-order valence-corrected chi connectivity index (χ2v) is 8.27. The molecule has 3 N–H and O–H groups in total. The molecular formula is C25H32ClFN4O2. The standard InChI is InChI=1S/C25H32ClFN4O2/c1-5-7-24(30-25(32)18-8-9-19(14-28-6-2)22(27)13-18)31-29-15-20-12-21(26)10-11-23(20)33-16-17(3)4/h5,7-13,17,28-29H,6,14-16H2,1-4H3,(H,30,31,32)/b7-5+. The molecule has 2 aromatic carbocycles. The van der Waals surface area contributed by atoms with Crippen LogP contribution in [0.25, 0.3) is 0 Å². The van der Waals surface area contributed by atoms with E-state index in [0.717, 1.165) is 17.9 Å². The van der Waals surface area contributed by atoms with Crippen molar-refractivity contribution < 1.29 is 13.9 Å². The molecule has 0 aliphatic carbocycles. The van der Waals surface area contributed by atoms with Crippen molar-refractivity contribution in [3.63, 3.8) is 0 Å². The molecule has 178 valence electrons. The van der Waals surface area contributed by atoms with Gasteiger partial charge in [-0.1, -0.05) is 44.5 Å². The molecular weight excluding hydrogens is 443 g/mol. The summed E-state index contributed by atoms with van der Waals surface area (Å²) in [6, 6.07) is 9.84. The Balaban J connectivity index is 2.07. The fraction of sp³-hybridized carbons (Fsp3) is 0.360. The number of ether oxygens (including phenoxy) is 1. The first kappa shape index (κ1) is 26.4. The maximum absolute atomic E-state index is 14.3. The Morgan fingerprint density at radius 1 is 1.18 bits per heavy atom. The van der Waals surface area contributed by atoms with Gasteiger partial charge in [-0.25, -0.2) is 4.39 Å². The number of benzene rings is 2. The lowest BCUT2D eigenvalue weighted by molar-refractivity contribution is 0.0976. The van der Waals surface area contributed by atoms with Crippen LogP contribution in [0.2, 0.25) is 5.02 Å². The van der Waals surface area contributed by atoms with Crippen molar-refractivity contribution in [1.82, 2.24) is 16.1 Å². The lowest BCUT2D eigenvalue weighted by Gasteiger charge is -2.14. The highest BCUT2D eigenvalue weighted by Gasteiger charge is 2.11. The molecule has 0 aromatic heterocycles. The topological polar surface area (TPSA) is 74.8 Å². The monoisotopic (exact) mass is 474 g/mol. The molecule has 8 heteroatoms. The summed E-state index contributed by atoms with van der Waals surface area (Å²) in [5, 5.41) is 10.6. The number of rotatable bonds is 11. The Morgan fingerprint density at radius 3 is 2.64 bits per heavy atom. The third-order valence-corrected chi connectivity index (χ3v) is 4.75. The number of allylic oxidation sites excluding steroid dienone is 1. The van der Waals surface area contributed by atoms with Gasteiger partial charge in [-0.05, 0) is 55.8 Å². The van der Waals surface area contributed by atoms with Gasteiger partial charge in [-0.3, -0.25) is 4.79 Å². The number of amidine groups is 1. The fourth-order valence-corrected chi connectivity index (χ4v) is 3.03. The van der Waals surface area contributed by atoms with Gasteiger partial charge in [0, 0.05) is 28.3 Å². The summed E-state index contributed by atoms with van der Waals surface area (Å²) < 4.78 is 20.1. The molecule has 0 saturated heterocycles. The Morgan fingerprint density at radius 2 is 1.97 bits per heavy atom. The molecule has 0 aliphatic heterocycles. The number of hydrogen-bond acceptors (Lipinski definition) is 5. The molecule has 2 aromatic rings. The third-order valence-electron chi connectivity index (χ3n) is 4.51. The molecule has 1 amide bonds. The number of carbonyl (C=O) groups excluding carboxylic acids is 1. The molecule has 0 fully saturated rings. The summed E-state index contributed by atoms with van der Waals surface area (Å²) in [6.45, 7) is 9.98. The zero-order chi connectivity index (χ0) is 24.2. The largest absolute Gasteiger partial charge is 0.493 e. The average Bonchev–Trinajstić information content (AvgIpc) is 2.77. The summed E-state index contributed by atoms with van der Waals surface area (Å²) in [7, 11) is 0. The summed E-state index contributed by atoms with van der Waals surface area (Å²) in [5.74, 6) is 0.525. The molecule has 0 atom stereocenters. The maximum Gasteiger partial charge on any atom is 0.256 e. The lowest BCUT2D eigenvalue weighted by Crippen LogP contribution is -2.31. The highest BCUT2D eigenvalue weighted by Crippen LogP contribution is 2.23. The van der Waals surface area contributed by atoms with Crippen LogP contribution in [-0.4, -0.2) is 24.9 Å². The summed E-state index contributed by atoms with van der Waals surface area (Å²) in [6.07, 6.45) is 3.40. The van der Waals surface area contributed by atoms with Gasteiger partial charge in [-0.2, -0.15) is 5.10 Å². The van der Waals surface area contributed by atoms with Crippen LogP contribution in [0.15, 0.2) is 53.7 Å². The molecule has 0 spiro atoms. The maximum atomic E-state index is 14.3. The summed E-state index contributed by atoms with van der Waals surface area (Å²) in [5.41, 5.74) is 4.51. The molecule has 2 rings (SSSR count). The lowest BCUT2D eigenvalue weighted by atomic mass is 10.1. The first-order chi connectivity index (χ1) is 15.8. The molecule has 0 radical (unpaired) electrons. The number of hydrazone groups is 1. The third kappa shape index (κ3) is 8.86. The highest BCUT2D eigenvalue weighted by molar-refractivity contribution is 6.30. The van der Waals surface area contributed by atoms with Crippen LogP contribution in [0.4, 0.5) is 4.39 Å². The van der Waals surface area contributed by atoms with Crippen LogP contribution in [0, 0.1) is 11.7 Å². The van der Waals surface area contributed by atoms with Crippen LogP contribution >= 0.6 is 11.6 Å². The van der Waals surface area contributed by atoms with Crippen molar-refractivity contribution in [3.05, 3.63) is 76.1 Å².